The number of rotatable bonds is 5. The fourth-order valence-electron chi connectivity index (χ4n) is 4.97. The molecule has 0 saturated carbocycles. The molecule has 1 aromatic heterocycles. The van der Waals surface area contributed by atoms with Crippen molar-refractivity contribution in [3.63, 3.8) is 0 Å². The predicted molar refractivity (Wildman–Crippen MR) is 125 cm³/mol. The molecule has 3 aromatic rings. The molecule has 2 heterocycles. The third kappa shape index (κ3) is 3.16. The largest absolute Gasteiger partial charge is 0.496 e. The van der Waals surface area contributed by atoms with Crippen LogP contribution < -0.4 is 14.2 Å². The van der Waals surface area contributed by atoms with E-state index in [-0.39, 0.29) is 51.1 Å². The maximum atomic E-state index is 14.1. The van der Waals surface area contributed by atoms with Crippen LogP contribution in [0, 0.1) is 5.92 Å². The molecule has 0 amide bonds. The number of Topliss-reactive ketones (excluding diaryl/α,β-unsaturated/α-hetero) is 2. The van der Waals surface area contributed by atoms with Crippen LogP contribution in [0.25, 0.3) is 11.3 Å². The van der Waals surface area contributed by atoms with Crippen LogP contribution in [0.3, 0.4) is 0 Å². The molecular formula is C26H21ClO8. The highest BCUT2D eigenvalue weighted by Gasteiger charge is 2.63. The van der Waals surface area contributed by atoms with Crippen molar-refractivity contribution in [2.45, 2.75) is 25.4 Å². The summed E-state index contributed by atoms with van der Waals surface area (Å²) in [6, 6.07) is 10.4. The summed E-state index contributed by atoms with van der Waals surface area (Å²) in [5.74, 6) is -2.02. The molecule has 8 nitrogen and oxygen atoms in total. The summed E-state index contributed by atoms with van der Waals surface area (Å²) in [6.45, 7) is 1.71. The number of hydrogen-bond acceptors (Lipinski definition) is 7. The zero-order chi connectivity index (χ0) is 25.1. The molecule has 1 N–H and O–H groups in total. The number of furan rings is 1. The Bertz CT molecular complexity index is 1390. The molecule has 0 fully saturated rings. The molecule has 1 aliphatic carbocycles. The van der Waals surface area contributed by atoms with Gasteiger partial charge >= 0.3 is 5.97 Å². The van der Waals surface area contributed by atoms with Gasteiger partial charge in [-0.2, -0.15) is 0 Å². The van der Waals surface area contributed by atoms with Crippen molar-refractivity contribution < 1.29 is 38.1 Å². The van der Waals surface area contributed by atoms with Crippen LogP contribution in [0.2, 0.25) is 5.02 Å². The first-order valence-corrected chi connectivity index (χ1v) is 11.3. The average Bonchev–Trinajstić information content (AvgIpc) is 3.35. The Labute approximate surface area is 205 Å². The number of methoxy groups -OCH3 is 2. The molecule has 0 saturated heterocycles. The molecule has 2 aliphatic rings. The van der Waals surface area contributed by atoms with Gasteiger partial charge in [-0.3, -0.25) is 14.4 Å². The average molecular weight is 497 g/mol. The van der Waals surface area contributed by atoms with Gasteiger partial charge in [0.25, 0.3) is 0 Å². The van der Waals surface area contributed by atoms with Crippen LogP contribution in [-0.2, 0) is 17.6 Å². The summed E-state index contributed by atoms with van der Waals surface area (Å²) in [6.07, 6.45) is -0.282. The maximum absolute atomic E-state index is 14.1. The number of aliphatic carboxylic acids is 1. The number of carbonyl (C=O) groups is 3. The summed E-state index contributed by atoms with van der Waals surface area (Å²) < 4.78 is 22.9. The number of ketones is 2. The van der Waals surface area contributed by atoms with Crippen molar-refractivity contribution in [1.29, 1.82) is 0 Å². The molecule has 2 atom stereocenters. The molecule has 1 aliphatic heterocycles. The van der Waals surface area contributed by atoms with Gasteiger partial charge in [-0.1, -0.05) is 48.9 Å². The van der Waals surface area contributed by atoms with E-state index in [1.54, 1.807) is 31.2 Å². The number of hydrogen-bond donors (Lipinski definition) is 1. The van der Waals surface area contributed by atoms with Gasteiger partial charge in [0.15, 0.2) is 5.75 Å². The van der Waals surface area contributed by atoms with Crippen molar-refractivity contribution in [3.05, 3.63) is 63.9 Å². The quantitative estimate of drug-likeness (QED) is 0.509. The SMILES string of the molecule is COc1cc(OC)c2c(c1Cl)O[C@@]1(C(=O)c3c(oc(-c4ccccc4)c3CC(=O)O)C[C@H]1C)C2=O. The molecule has 0 unspecified atom stereocenters. The molecule has 2 aromatic carbocycles. The van der Waals surface area contributed by atoms with Gasteiger partial charge in [-0.25, -0.2) is 0 Å². The Morgan fingerprint density at radius 3 is 2.40 bits per heavy atom. The highest BCUT2D eigenvalue weighted by molar-refractivity contribution is 6.36. The van der Waals surface area contributed by atoms with Crippen molar-refractivity contribution >= 4 is 29.1 Å². The number of ether oxygens (including phenoxy) is 3. The standard InChI is InChI=1S/C26H21ClO8/c1-12-9-16-19(14(10-18(28)29)22(34-16)13-7-5-4-6-8-13)24(30)26(12)25(31)20-15(32-2)11-17(33-3)21(27)23(20)35-26/h4-8,11-12H,9-10H2,1-3H3,(H,28,29)/t12-,26+/m1/s1. The minimum Gasteiger partial charge on any atom is -0.496 e. The lowest BCUT2D eigenvalue weighted by Crippen LogP contribution is -2.56. The van der Waals surface area contributed by atoms with Gasteiger partial charge in [0.05, 0.1) is 26.2 Å². The Kier molecular flexibility index (Phi) is 5.36. The van der Waals surface area contributed by atoms with E-state index in [2.05, 4.69) is 0 Å². The van der Waals surface area contributed by atoms with Crippen LogP contribution in [0.4, 0.5) is 0 Å². The summed E-state index contributed by atoms with van der Waals surface area (Å²) in [4.78, 5) is 39.8. The first kappa shape index (κ1) is 23.0. The third-order valence-corrected chi connectivity index (χ3v) is 6.97. The number of fused-ring (bicyclic) bond motifs is 2. The second kappa shape index (κ2) is 8.16. The molecule has 35 heavy (non-hydrogen) atoms. The van der Waals surface area contributed by atoms with Gasteiger partial charge < -0.3 is 23.7 Å². The van der Waals surface area contributed by atoms with Gasteiger partial charge in [-0.05, 0) is 0 Å². The van der Waals surface area contributed by atoms with E-state index in [4.69, 9.17) is 30.2 Å². The van der Waals surface area contributed by atoms with E-state index < -0.39 is 35.5 Å². The zero-order valence-corrected chi connectivity index (χ0v) is 19.9. The fraction of sp³-hybridized carbons (Fsp3) is 0.269. The molecule has 1 spiro atoms. The topological polar surface area (TPSA) is 112 Å². The Morgan fingerprint density at radius 1 is 1.11 bits per heavy atom. The first-order valence-electron chi connectivity index (χ1n) is 10.9. The summed E-state index contributed by atoms with van der Waals surface area (Å²) in [5.41, 5.74) is -0.993. The number of carboxylic acids is 1. The van der Waals surface area contributed by atoms with Crippen LogP contribution in [0.1, 0.15) is 39.0 Å². The number of carbonyl (C=O) groups excluding carboxylic acids is 2. The van der Waals surface area contributed by atoms with Crippen LogP contribution >= 0.6 is 11.6 Å². The second-order valence-corrected chi connectivity index (χ2v) is 8.92. The van der Waals surface area contributed by atoms with Crippen molar-refractivity contribution in [3.8, 4) is 28.6 Å². The Hall–Kier alpha value is -3.78. The van der Waals surface area contributed by atoms with E-state index in [1.165, 1.54) is 20.3 Å². The third-order valence-electron chi connectivity index (χ3n) is 6.61. The van der Waals surface area contributed by atoms with Crippen molar-refractivity contribution in [2.75, 3.05) is 14.2 Å². The highest BCUT2D eigenvalue weighted by Crippen LogP contribution is 2.54. The van der Waals surface area contributed by atoms with Gasteiger partial charge in [0, 0.05) is 29.5 Å². The number of halogens is 1. The van der Waals surface area contributed by atoms with Crippen LogP contribution in [-0.4, -0.2) is 42.5 Å². The normalized spacial score (nSPS) is 20.4. The van der Waals surface area contributed by atoms with Crippen LogP contribution in [0.5, 0.6) is 17.2 Å². The molecule has 5 rings (SSSR count). The molecule has 0 radical (unpaired) electrons. The molecule has 180 valence electrons. The monoisotopic (exact) mass is 496 g/mol. The number of benzene rings is 2. The van der Waals surface area contributed by atoms with Gasteiger partial charge in [-0.15, -0.1) is 0 Å². The van der Waals surface area contributed by atoms with E-state index in [9.17, 15) is 19.5 Å². The predicted octanol–water partition coefficient (Wildman–Crippen LogP) is 4.63. The lowest BCUT2D eigenvalue weighted by Gasteiger charge is -2.35. The Morgan fingerprint density at radius 2 is 1.77 bits per heavy atom. The van der Waals surface area contributed by atoms with Gasteiger partial charge in [0.2, 0.25) is 17.2 Å². The molecule has 0 bridgehead atoms. The van der Waals surface area contributed by atoms with E-state index in [0.717, 1.165) is 0 Å². The molecule has 9 heteroatoms. The smallest absolute Gasteiger partial charge is 0.307 e. The summed E-state index contributed by atoms with van der Waals surface area (Å²) in [7, 11) is 2.80. The van der Waals surface area contributed by atoms with E-state index in [0.29, 0.717) is 11.3 Å². The minimum atomic E-state index is -1.94. The maximum Gasteiger partial charge on any atom is 0.307 e. The van der Waals surface area contributed by atoms with Gasteiger partial charge in [0.1, 0.15) is 33.6 Å². The number of carboxylic acid groups (broad SMARTS) is 1. The second-order valence-electron chi connectivity index (χ2n) is 8.54. The fourth-order valence-corrected chi connectivity index (χ4v) is 5.24. The zero-order valence-electron chi connectivity index (χ0n) is 19.1. The first-order chi connectivity index (χ1) is 16.7. The lowest BCUT2D eigenvalue weighted by atomic mass is 9.71. The van der Waals surface area contributed by atoms with Crippen molar-refractivity contribution in [1.82, 2.24) is 0 Å². The minimum absolute atomic E-state index is 0.00285. The van der Waals surface area contributed by atoms with Crippen LogP contribution in [0.15, 0.2) is 40.8 Å². The van der Waals surface area contributed by atoms with Crippen molar-refractivity contribution in [2.24, 2.45) is 5.92 Å². The Balaban J connectivity index is 1.72. The highest BCUT2D eigenvalue weighted by atomic mass is 35.5. The lowest BCUT2D eigenvalue weighted by molar-refractivity contribution is -0.136. The summed E-state index contributed by atoms with van der Waals surface area (Å²) in [5, 5.41) is 9.65. The summed E-state index contributed by atoms with van der Waals surface area (Å²) >= 11 is 6.47. The van der Waals surface area contributed by atoms with E-state index in [1.807, 2.05) is 6.07 Å². The molecular weight excluding hydrogens is 476 g/mol. The van der Waals surface area contributed by atoms with E-state index >= 15 is 0 Å².